The van der Waals surface area contributed by atoms with Crippen LogP contribution in [-0.4, -0.2) is 68.7 Å². The van der Waals surface area contributed by atoms with Gasteiger partial charge in [0.2, 0.25) is 5.91 Å². The summed E-state index contributed by atoms with van der Waals surface area (Å²) in [7, 11) is 3.16. The van der Waals surface area contributed by atoms with Crippen molar-refractivity contribution in [2.45, 2.75) is 12.5 Å². The normalized spacial score (nSPS) is 14.8. The second kappa shape index (κ2) is 11.9. The summed E-state index contributed by atoms with van der Waals surface area (Å²) in [5.74, 6) is 1.10. The lowest BCUT2D eigenvalue weighted by Gasteiger charge is -2.37. The molecule has 0 aliphatic carbocycles. The van der Waals surface area contributed by atoms with Gasteiger partial charge in [-0.2, -0.15) is 0 Å². The van der Waals surface area contributed by atoms with E-state index in [1.54, 1.807) is 54.7 Å². The van der Waals surface area contributed by atoms with Crippen LogP contribution in [0.3, 0.4) is 0 Å². The zero-order valence-corrected chi connectivity index (χ0v) is 20.8. The van der Waals surface area contributed by atoms with Crippen molar-refractivity contribution in [3.05, 3.63) is 82.0 Å². The zero-order chi connectivity index (χ0) is 24.6. The van der Waals surface area contributed by atoms with E-state index in [0.717, 1.165) is 17.7 Å². The van der Waals surface area contributed by atoms with Crippen LogP contribution in [-0.2, 0) is 16.0 Å². The molecule has 2 heterocycles. The third-order valence-electron chi connectivity index (χ3n) is 6.08. The molecule has 7 nitrogen and oxygen atoms in total. The van der Waals surface area contributed by atoms with Crippen LogP contribution in [0.1, 0.15) is 26.8 Å². The first-order chi connectivity index (χ1) is 17.1. The number of fused-ring (bicyclic) bond motifs is 1. The van der Waals surface area contributed by atoms with E-state index >= 15 is 0 Å². The van der Waals surface area contributed by atoms with Crippen LogP contribution >= 0.6 is 11.3 Å². The molecule has 0 saturated carbocycles. The number of amides is 2. The molecular formula is C27H30N2O5S. The van der Waals surface area contributed by atoms with Gasteiger partial charge in [0.1, 0.15) is 24.7 Å². The third kappa shape index (κ3) is 6.01. The smallest absolute Gasteiger partial charge is 0.254 e. The Morgan fingerprint density at radius 2 is 1.80 bits per heavy atom. The molecule has 0 N–H and O–H groups in total. The molecule has 1 atom stereocenters. The van der Waals surface area contributed by atoms with Crippen LogP contribution in [0.2, 0.25) is 0 Å². The highest BCUT2D eigenvalue weighted by Gasteiger charge is 2.33. The molecule has 35 heavy (non-hydrogen) atoms. The Bertz CT molecular complexity index is 1120. The second-order valence-electron chi connectivity index (χ2n) is 8.22. The molecule has 0 radical (unpaired) electrons. The lowest BCUT2D eigenvalue weighted by molar-refractivity contribution is -0.135. The second-order valence-corrected chi connectivity index (χ2v) is 9.22. The molecule has 1 aromatic heterocycles. The van der Waals surface area contributed by atoms with Gasteiger partial charge in [0, 0.05) is 30.6 Å². The number of hydrogen-bond donors (Lipinski definition) is 0. The van der Waals surface area contributed by atoms with E-state index in [9.17, 15) is 9.59 Å². The van der Waals surface area contributed by atoms with Gasteiger partial charge in [-0.3, -0.25) is 9.59 Å². The molecule has 0 spiro atoms. The Balaban J connectivity index is 1.51. The summed E-state index contributed by atoms with van der Waals surface area (Å²) in [5.41, 5.74) is 1.62. The maximum Gasteiger partial charge on any atom is 0.254 e. The molecule has 0 bridgehead atoms. The predicted molar refractivity (Wildman–Crippen MR) is 135 cm³/mol. The number of nitrogens with zero attached hydrogens (tertiary/aromatic N) is 2. The SMILES string of the molecule is COCCN(CC(=O)N1CCc2sccc2C1COc1ccccc1)C(=O)c1ccc(OC)cc1. The summed E-state index contributed by atoms with van der Waals surface area (Å²) >= 11 is 1.71. The van der Waals surface area contributed by atoms with E-state index in [4.69, 9.17) is 14.2 Å². The van der Waals surface area contributed by atoms with Gasteiger partial charge in [-0.15, -0.1) is 11.3 Å². The average molecular weight is 495 g/mol. The van der Waals surface area contributed by atoms with Gasteiger partial charge in [-0.25, -0.2) is 0 Å². The Morgan fingerprint density at radius 3 is 2.51 bits per heavy atom. The van der Waals surface area contributed by atoms with Crippen LogP contribution in [0, 0.1) is 0 Å². The van der Waals surface area contributed by atoms with Crippen molar-refractivity contribution < 1.29 is 23.8 Å². The lowest BCUT2D eigenvalue weighted by Crippen LogP contribution is -2.48. The van der Waals surface area contributed by atoms with Crippen molar-refractivity contribution in [3.8, 4) is 11.5 Å². The van der Waals surface area contributed by atoms with Crippen molar-refractivity contribution in [3.63, 3.8) is 0 Å². The van der Waals surface area contributed by atoms with Gasteiger partial charge in [-0.05, 0) is 59.8 Å². The lowest BCUT2D eigenvalue weighted by atomic mass is 10.0. The van der Waals surface area contributed by atoms with E-state index in [0.29, 0.717) is 37.6 Å². The van der Waals surface area contributed by atoms with Gasteiger partial charge in [0.05, 0.1) is 19.8 Å². The van der Waals surface area contributed by atoms with Crippen molar-refractivity contribution >= 4 is 23.2 Å². The number of benzene rings is 2. The maximum absolute atomic E-state index is 13.6. The van der Waals surface area contributed by atoms with Gasteiger partial charge in [-0.1, -0.05) is 18.2 Å². The quantitative estimate of drug-likeness (QED) is 0.425. The number of rotatable bonds is 10. The summed E-state index contributed by atoms with van der Waals surface area (Å²) in [4.78, 5) is 31.5. The fourth-order valence-electron chi connectivity index (χ4n) is 4.19. The molecule has 184 valence electrons. The number of ether oxygens (including phenoxy) is 3. The van der Waals surface area contributed by atoms with Crippen molar-refractivity contribution in [2.75, 3.05) is 47.1 Å². The summed E-state index contributed by atoms with van der Waals surface area (Å²) in [6, 6.07) is 18.4. The number of thiophene rings is 1. The minimum atomic E-state index is -0.219. The Hall–Kier alpha value is -3.36. The number of carbonyl (C=O) groups is 2. The Labute approximate surface area is 209 Å². The van der Waals surface area contributed by atoms with Gasteiger partial charge in [0.15, 0.2) is 0 Å². The molecule has 0 fully saturated rings. The van der Waals surface area contributed by atoms with E-state index in [1.807, 2.05) is 35.2 Å². The molecule has 1 aliphatic rings. The highest BCUT2D eigenvalue weighted by Crippen LogP contribution is 2.34. The molecule has 2 aromatic carbocycles. The average Bonchev–Trinajstić information content (AvgIpc) is 3.39. The molecule has 2 amide bonds. The largest absolute Gasteiger partial charge is 0.497 e. The van der Waals surface area contributed by atoms with E-state index in [-0.39, 0.29) is 24.4 Å². The minimum absolute atomic E-state index is 0.0322. The molecule has 0 saturated heterocycles. The van der Waals surface area contributed by atoms with Gasteiger partial charge < -0.3 is 24.0 Å². The summed E-state index contributed by atoms with van der Waals surface area (Å²) < 4.78 is 16.5. The van der Waals surface area contributed by atoms with Gasteiger partial charge in [0.25, 0.3) is 5.91 Å². The summed E-state index contributed by atoms with van der Waals surface area (Å²) in [6.07, 6.45) is 0.797. The Morgan fingerprint density at radius 1 is 1.03 bits per heavy atom. The molecule has 1 unspecified atom stereocenters. The minimum Gasteiger partial charge on any atom is -0.497 e. The number of para-hydroxylation sites is 1. The fraction of sp³-hybridized carbons (Fsp3) is 0.333. The van der Waals surface area contributed by atoms with Gasteiger partial charge >= 0.3 is 0 Å². The highest BCUT2D eigenvalue weighted by atomic mass is 32.1. The van der Waals surface area contributed by atoms with Crippen LogP contribution < -0.4 is 9.47 Å². The maximum atomic E-state index is 13.6. The van der Waals surface area contributed by atoms with Crippen LogP contribution in [0.5, 0.6) is 11.5 Å². The van der Waals surface area contributed by atoms with E-state index in [1.165, 1.54) is 4.88 Å². The predicted octanol–water partition coefficient (Wildman–Crippen LogP) is 4.05. The first-order valence-electron chi connectivity index (χ1n) is 11.6. The molecule has 3 aromatic rings. The van der Waals surface area contributed by atoms with Crippen molar-refractivity contribution in [2.24, 2.45) is 0 Å². The molecule has 1 aliphatic heterocycles. The monoisotopic (exact) mass is 494 g/mol. The Kier molecular flexibility index (Phi) is 8.39. The zero-order valence-electron chi connectivity index (χ0n) is 20.0. The number of hydrogen-bond acceptors (Lipinski definition) is 6. The number of methoxy groups -OCH3 is 2. The molecule has 4 rings (SSSR count). The number of carbonyl (C=O) groups excluding carboxylic acids is 2. The van der Waals surface area contributed by atoms with E-state index in [2.05, 4.69) is 11.4 Å². The van der Waals surface area contributed by atoms with Crippen molar-refractivity contribution in [1.82, 2.24) is 9.80 Å². The molecular weight excluding hydrogens is 464 g/mol. The van der Waals surface area contributed by atoms with Crippen LogP contribution in [0.4, 0.5) is 0 Å². The first kappa shape index (κ1) is 24.8. The van der Waals surface area contributed by atoms with Crippen LogP contribution in [0.25, 0.3) is 0 Å². The van der Waals surface area contributed by atoms with Crippen molar-refractivity contribution in [1.29, 1.82) is 0 Å². The highest BCUT2D eigenvalue weighted by molar-refractivity contribution is 7.10. The fourth-order valence-corrected chi connectivity index (χ4v) is 5.12. The first-order valence-corrected chi connectivity index (χ1v) is 12.4. The standard InChI is InChI=1S/C27H30N2O5S/c1-32-16-15-28(27(31)20-8-10-21(33-2)11-9-20)18-26(30)29-14-12-25-23(13-17-35-25)24(29)19-34-22-6-4-3-5-7-22/h3-11,13,17,24H,12,14-16,18-19H2,1-2H3. The topological polar surface area (TPSA) is 68.3 Å². The molecule has 8 heteroatoms. The van der Waals surface area contributed by atoms with Crippen LogP contribution in [0.15, 0.2) is 66.0 Å². The third-order valence-corrected chi connectivity index (χ3v) is 7.08. The summed E-state index contributed by atoms with van der Waals surface area (Å²) in [6.45, 7) is 1.56. The van der Waals surface area contributed by atoms with E-state index < -0.39 is 0 Å². The summed E-state index contributed by atoms with van der Waals surface area (Å²) in [5, 5.41) is 2.06.